The second-order valence-corrected chi connectivity index (χ2v) is 26.9. The average Bonchev–Trinajstić information content (AvgIpc) is 1.33. The summed E-state index contributed by atoms with van der Waals surface area (Å²) in [5.41, 5.74) is 5.75. The van der Waals surface area contributed by atoms with Crippen LogP contribution in [0.2, 0.25) is 0 Å². The molecule has 0 unspecified atom stereocenters. The minimum absolute atomic E-state index is 0. The Morgan fingerprint density at radius 1 is 0.800 bits per heavy atom. The predicted octanol–water partition coefficient (Wildman–Crippen LogP) is 3.01. The molecule has 0 N–H and O–H groups in total. The molecule has 0 spiro atoms. The van der Waals surface area contributed by atoms with Gasteiger partial charge in [-0.25, -0.2) is 0 Å². The van der Waals surface area contributed by atoms with Crippen LogP contribution in [-0.2, 0) is 8.65 Å². The van der Waals surface area contributed by atoms with E-state index >= 15 is 0 Å². The van der Waals surface area contributed by atoms with E-state index in [-0.39, 0.29) is 103 Å². The Morgan fingerprint density at radius 3 is 0.800 bits per heavy atom. The maximum Gasteiger partial charge on any atom is 0 e. The van der Waals surface area contributed by atoms with Gasteiger partial charge in [0.2, 0.25) is 0 Å². The number of nitrogens with zero attached hydrogens (tertiary/aromatic N) is 1. The molecule has 10 heavy (non-hydrogen) atoms. The number of hydrogen-bond acceptors (Lipinski definition) is 1. The molecule has 0 aromatic heterocycles. The smallest absolute Gasteiger partial charge is 0 e. The third kappa shape index (κ3) is 75.5. The summed E-state index contributed by atoms with van der Waals surface area (Å²) in [6.45, 7) is 0. The van der Waals surface area contributed by atoms with Gasteiger partial charge in [0.1, 0.15) is 0 Å². The van der Waals surface area contributed by atoms with E-state index in [2.05, 4.69) is 0 Å². The minimum atomic E-state index is -4.11. The topological polar surface area (TPSA) is 39.4 Å². The molecule has 0 aliphatic rings. The zero-order chi connectivity index (χ0) is 7.45. The first-order valence-corrected chi connectivity index (χ1v) is 12.0. The van der Waals surface area contributed by atoms with Gasteiger partial charge in [-0.05, 0) is 0 Å². The zero-order valence-corrected chi connectivity index (χ0v) is 16.9. The van der Waals surface area contributed by atoms with Crippen LogP contribution in [0.15, 0.2) is 0 Å². The van der Waals surface area contributed by atoms with Gasteiger partial charge in [0.25, 0.3) is 0 Å². The number of halogens is 5. The Kier molecular flexibility index (Phi) is 25.4. The maximum atomic E-state index is 7.25. The molecule has 2 nitrogen and oxygen atoms in total. The van der Waals surface area contributed by atoms with Gasteiger partial charge in [-0.15, -0.1) is 0 Å². The Hall–Kier alpha value is 4.95. The molecule has 0 saturated carbocycles. The van der Waals surface area contributed by atoms with E-state index in [1.807, 2.05) is 0 Å². The van der Waals surface area contributed by atoms with E-state index in [0.29, 0.717) is 0 Å². The van der Waals surface area contributed by atoms with Crippen LogP contribution >= 0.6 is 48.5 Å². The second kappa shape index (κ2) is 10.5. The molecule has 0 aromatic carbocycles. The Balaban J connectivity index is -0.0000000412. The molecular formula is Cl5K2NORu-. The van der Waals surface area contributed by atoms with Gasteiger partial charge in [0.05, 0.1) is 0 Å². The van der Waals surface area contributed by atoms with E-state index in [9.17, 15) is 0 Å². The molecule has 0 amide bonds. The molecule has 0 rings (SSSR count). The molecule has 0 atom stereocenters. The van der Waals surface area contributed by atoms with Gasteiger partial charge >= 0.3 is 57.1 Å². The van der Waals surface area contributed by atoms with Crippen molar-refractivity contribution in [2.75, 3.05) is 0 Å². The predicted molar refractivity (Wildman–Crippen MR) is 47.5 cm³/mol. The maximum absolute atomic E-state index is 7.25. The van der Waals surface area contributed by atoms with Crippen molar-refractivity contribution in [3.05, 3.63) is 10.5 Å². The first kappa shape index (κ1) is 24.3. The second-order valence-electron chi connectivity index (χ2n) is 0.505. The molecular weight excluding hydrogens is 387 g/mol. The summed E-state index contributed by atoms with van der Waals surface area (Å²) in [5.74, 6) is 0. The van der Waals surface area contributed by atoms with Crippen molar-refractivity contribution in [2.45, 2.75) is 0 Å². The summed E-state index contributed by atoms with van der Waals surface area (Å²) < 4.78 is 0. The molecule has 57 valence electrons. The van der Waals surface area contributed by atoms with Crippen molar-refractivity contribution >= 4 is 151 Å². The minimum Gasteiger partial charge on any atom is -0.577 e. The first-order valence-electron chi connectivity index (χ1n) is 0.851. The van der Waals surface area contributed by atoms with Crippen molar-refractivity contribution in [1.82, 2.24) is 0 Å². The van der Waals surface area contributed by atoms with Crippen LogP contribution in [-0.4, -0.2) is 103 Å². The molecule has 0 saturated heterocycles. The van der Waals surface area contributed by atoms with Crippen LogP contribution in [0.3, 0.4) is 0 Å². The number of rotatable bonds is 0. The standard InChI is InChI=1S/5ClH.2K.NO.Ru/c;;;;;;;1-2;/h5*1H;;;;/q;;;;;;;-1;+5/p-5. The summed E-state index contributed by atoms with van der Waals surface area (Å²) in [6.07, 6.45) is 0. The Labute approximate surface area is 165 Å². The van der Waals surface area contributed by atoms with Gasteiger partial charge < -0.3 is 10.5 Å². The molecule has 0 aliphatic carbocycles. The monoisotopic (exact) mass is 385 g/mol. The van der Waals surface area contributed by atoms with Crippen molar-refractivity contribution in [2.24, 2.45) is 0 Å². The summed E-state index contributed by atoms with van der Waals surface area (Å²) in [7, 11) is 21.0. The SMILES string of the molecule is [Cl][Ru]([Cl])([Cl])([Cl])[Cl].[K].[K].[N-]=O. The zero-order valence-electron chi connectivity index (χ0n) is 5.10. The van der Waals surface area contributed by atoms with Crippen molar-refractivity contribution < 1.29 is 8.65 Å². The number of hydrogen-bond donors (Lipinski definition) is 0. The van der Waals surface area contributed by atoms with Gasteiger partial charge in [-0.3, -0.25) is 0 Å². The van der Waals surface area contributed by atoms with Gasteiger partial charge in [0.15, 0.2) is 0 Å². The van der Waals surface area contributed by atoms with Crippen molar-refractivity contribution in [1.29, 1.82) is 0 Å². The van der Waals surface area contributed by atoms with E-state index in [0.717, 1.165) is 0 Å². The van der Waals surface area contributed by atoms with Crippen LogP contribution in [0.4, 0.5) is 0 Å². The third-order valence-electron chi connectivity index (χ3n) is 0. The Morgan fingerprint density at radius 2 is 0.800 bits per heavy atom. The summed E-state index contributed by atoms with van der Waals surface area (Å²) >= 11 is 0. The summed E-state index contributed by atoms with van der Waals surface area (Å²) in [5, 5.41) is 0. The quantitative estimate of drug-likeness (QED) is 0.590. The molecule has 0 fully saturated rings. The van der Waals surface area contributed by atoms with Crippen molar-refractivity contribution in [3.8, 4) is 0 Å². The largest absolute Gasteiger partial charge is 0.577 e. The fourth-order valence-corrected chi connectivity index (χ4v) is 0. The van der Waals surface area contributed by atoms with E-state index in [1.54, 1.807) is 0 Å². The van der Waals surface area contributed by atoms with Crippen molar-refractivity contribution in [3.63, 3.8) is 0 Å². The van der Waals surface area contributed by atoms with Crippen LogP contribution < -0.4 is 0 Å². The summed E-state index contributed by atoms with van der Waals surface area (Å²) in [6, 6.07) is 0. The van der Waals surface area contributed by atoms with Crippen LogP contribution in [0.25, 0.3) is 5.59 Å². The third-order valence-corrected chi connectivity index (χ3v) is 0. The van der Waals surface area contributed by atoms with Crippen LogP contribution in [0.1, 0.15) is 0 Å². The Bertz CT molecular complexity index is 62.5. The molecule has 0 aliphatic heterocycles. The van der Waals surface area contributed by atoms with Crippen LogP contribution in [0.5, 0.6) is 0 Å². The fraction of sp³-hybridized carbons (Fsp3) is 0. The first-order chi connectivity index (χ1) is 3.24. The van der Waals surface area contributed by atoms with E-state index < -0.39 is 8.65 Å². The summed E-state index contributed by atoms with van der Waals surface area (Å²) in [4.78, 5) is 7.25. The molecule has 2 radical (unpaired) electrons. The normalized spacial score (nSPS) is 11.9. The van der Waals surface area contributed by atoms with Gasteiger partial charge in [-0.2, -0.15) is 0 Å². The fourth-order valence-electron chi connectivity index (χ4n) is 0. The molecule has 10 heteroatoms. The molecule has 0 heterocycles. The van der Waals surface area contributed by atoms with Gasteiger partial charge in [0, 0.05) is 103 Å². The van der Waals surface area contributed by atoms with E-state index in [4.69, 9.17) is 59.0 Å². The average molecular weight is 387 g/mol. The van der Waals surface area contributed by atoms with Gasteiger partial charge in [-0.1, -0.05) is 0 Å². The molecule has 0 aromatic rings. The number of nitroso groups, excluding NO2 is 1. The molecule has 0 bridgehead atoms. The van der Waals surface area contributed by atoms with E-state index in [1.165, 1.54) is 0 Å². The van der Waals surface area contributed by atoms with Crippen LogP contribution in [0, 0.1) is 4.91 Å².